The highest BCUT2D eigenvalue weighted by Gasteiger charge is 2.08. The number of phenols is 1. The molecule has 6 nitrogen and oxygen atoms in total. The van der Waals surface area contributed by atoms with E-state index in [0.717, 1.165) is 5.69 Å². The Morgan fingerprint density at radius 1 is 1.33 bits per heavy atom. The van der Waals surface area contributed by atoms with E-state index in [1.54, 1.807) is 13.0 Å². The van der Waals surface area contributed by atoms with Gasteiger partial charge in [0.25, 0.3) is 5.91 Å². The summed E-state index contributed by atoms with van der Waals surface area (Å²) in [5, 5.41) is 16.8. The van der Waals surface area contributed by atoms with Crippen molar-refractivity contribution in [2.75, 3.05) is 18.5 Å². The standard InChI is InChI=1S/C17H18ClN3O3/c1-2-24-15-9-12(8-14(18)17(15)23)10-20-21-16(22)11-19-13-6-4-3-5-7-13/h3-10,19,23H,2,11H2,1H3,(H,21,22)/b20-10-. The van der Waals surface area contributed by atoms with E-state index in [2.05, 4.69) is 15.8 Å². The number of phenolic OH excluding ortho intramolecular Hbond substituents is 1. The molecule has 0 radical (unpaired) electrons. The largest absolute Gasteiger partial charge is 0.503 e. The molecule has 7 heteroatoms. The van der Waals surface area contributed by atoms with E-state index >= 15 is 0 Å². The molecule has 0 saturated heterocycles. The highest BCUT2D eigenvalue weighted by Crippen LogP contribution is 2.34. The van der Waals surface area contributed by atoms with E-state index < -0.39 is 0 Å². The molecule has 0 fully saturated rings. The minimum absolute atomic E-state index is 0.0991. The maximum Gasteiger partial charge on any atom is 0.259 e. The number of nitrogens with one attached hydrogen (secondary N) is 2. The van der Waals surface area contributed by atoms with Crippen LogP contribution >= 0.6 is 11.6 Å². The first-order valence-electron chi connectivity index (χ1n) is 7.36. The summed E-state index contributed by atoms with van der Waals surface area (Å²) in [7, 11) is 0. The molecule has 2 rings (SSSR count). The molecule has 0 aliphatic carbocycles. The number of carbonyl (C=O) groups is 1. The number of rotatable bonds is 7. The topological polar surface area (TPSA) is 83.0 Å². The lowest BCUT2D eigenvalue weighted by atomic mass is 10.2. The molecule has 24 heavy (non-hydrogen) atoms. The molecule has 0 aromatic heterocycles. The number of amides is 1. The van der Waals surface area contributed by atoms with E-state index in [4.69, 9.17) is 16.3 Å². The average molecular weight is 348 g/mol. The third kappa shape index (κ3) is 5.17. The number of nitrogens with zero attached hydrogens (tertiary/aromatic N) is 1. The highest BCUT2D eigenvalue weighted by molar-refractivity contribution is 6.32. The Labute approximate surface area is 145 Å². The Balaban J connectivity index is 1.90. The molecule has 0 aliphatic rings. The fourth-order valence-corrected chi connectivity index (χ4v) is 2.11. The van der Waals surface area contributed by atoms with Crippen LogP contribution in [0.1, 0.15) is 12.5 Å². The Morgan fingerprint density at radius 2 is 2.08 bits per heavy atom. The van der Waals surface area contributed by atoms with Gasteiger partial charge < -0.3 is 15.2 Å². The predicted molar refractivity (Wildman–Crippen MR) is 95.0 cm³/mol. The van der Waals surface area contributed by atoms with E-state index in [-0.39, 0.29) is 29.0 Å². The van der Waals surface area contributed by atoms with Gasteiger partial charge in [0, 0.05) is 5.69 Å². The summed E-state index contributed by atoms with van der Waals surface area (Å²) < 4.78 is 5.28. The van der Waals surface area contributed by atoms with E-state index in [0.29, 0.717) is 12.2 Å². The van der Waals surface area contributed by atoms with Gasteiger partial charge in [-0.2, -0.15) is 5.10 Å². The molecule has 0 bridgehead atoms. The predicted octanol–water partition coefficient (Wildman–Crippen LogP) is 3.01. The fourth-order valence-electron chi connectivity index (χ4n) is 1.89. The number of halogens is 1. The summed E-state index contributed by atoms with van der Waals surface area (Å²) in [6.07, 6.45) is 1.42. The molecule has 1 amide bonds. The van der Waals surface area contributed by atoms with Crippen LogP contribution in [0.5, 0.6) is 11.5 Å². The van der Waals surface area contributed by atoms with Crippen LogP contribution < -0.4 is 15.5 Å². The van der Waals surface area contributed by atoms with Crippen molar-refractivity contribution in [3.8, 4) is 11.5 Å². The molecule has 0 saturated carbocycles. The van der Waals surface area contributed by atoms with Gasteiger partial charge in [-0.25, -0.2) is 5.43 Å². The summed E-state index contributed by atoms with van der Waals surface area (Å²) in [6, 6.07) is 12.5. The number of hydrogen-bond donors (Lipinski definition) is 3. The van der Waals surface area contributed by atoms with Gasteiger partial charge in [-0.3, -0.25) is 4.79 Å². The van der Waals surface area contributed by atoms with Gasteiger partial charge in [0.15, 0.2) is 11.5 Å². The molecular formula is C17H18ClN3O3. The maximum atomic E-state index is 11.7. The summed E-state index contributed by atoms with van der Waals surface area (Å²) >= 11 is 5.92. The Hall–Kier alpha value is -2.73. The number of carbonyl (C=O) groups excluding carboxylic acids is 1. The molecule has 0 aliphatic heterocycles. The van der Waals surface area contributed by atoms with Gasteiger partial charge in [-0.1, -0.05) is 29.8 Å². The summed E-state index contributed by atoms with van der Waals surface area (Å²) in [6.45, 7) is 2.29. The SMILES string of the molecule is CCOc1cc(/C=N\NC(=O)CNc2ccccc2)cc(Cl)c1O. The second-order valence-electron chi connectivity index (χ2n) is 4.80. The summed E-state index contributed by atoms with van der Waals surface area (Å²) in [5.41, 5.74) is 3.85. The van der Waals surface area contributed by atoms with Crippen LogP contribution in [-0.4, -0.2) is 30.4 Å². The third-order valence-electron chi connectivity index (χ3n) is 2.98. The van der Waals surface area contributed by atoms with Gasteiger partial charge in [0.05, 0.1) is 24.4 Å². The fraction of sp³-hybridized carbons (Fsp3) is 0.176. The Kier molecular flexibility index (Phi) is 6.45. The Morgan fingerprint density at radius 3 is 2.79 bits per heavy atom. The lowest BCUT2D eigenvalue weighted by Crippen LogP contribution is -2.25. The second-order valence-corrected chi connectivity index (χ2v) is 5.20. The van der Waals surface area contributed by atoms with Crippen molar-refractivity contribution >= 4 is 29.4 Å². The minimum Gasteiger partial charge on any atom is -0.503 e. The van der Waals surface area contributed by atoms with Crippen LogP contribution in [0.4, 0.5) is 5.69 Å². The molecule has 2 aromatic carbocycles. The molecular weight excluding hydrogens is 330 g/mol. The van der Waals surface area contributed by atoms with Crippen LogP contribution in [0.2, 0.25) is 5.02 Å². The molecule has 2 aromatic rings. The van der Waals surface area contributed by atoms with Gasteiger partial charge >= 0.3 is 0 Å². The lowest BCUT2D eigenvalue weighted by molar-refractivity contribution is -0.119. The molecule has 3 N–H and O–H groups in total. The zero-order valence-corrected chi connectivity index (χ0v) is 13.9. The third-order valence-corrected chi connectivity index (χ3v) is 3.27. The highest BCUT2D eigenvalue weighted by atomic mass is 35.5. The number of anilines is 1. The number of ether oxygens (including phenoxy) is 1. The van der Waals surface area contributed by atoms with Gasteiger partial charge in [0.1, 0.15) is 0 Å². The second kappa shape index (κ2) is 8.79. The average Bonchev–Trinajstić information content (AvgIpc) is 2.58. The summed E-state index contributed by atoms with van der Waals surface area (Å²) in [5.74, 6) is -0.139. The van der Waals surface area contributed by atoms with E-state index in [1.807, 2.05) is 30.3 Å². The van der Waals surface area contributed by atoms with Crippen LogP contribution in [0.3, 0.4) is 0 Å². The van der Waals surface area contributed by atoms with E-state index in [9.17, 15) is 9.90 Å². The van der Waals surface area contributed by atoms with Crippen molar-refractivity contribution in [2.45, 2.75) is 6.92 Å². The zero-order chi connectivity index (χ0) is 17.4. The molecule has 0 heterocycles. The Bertz CT molecular complexity index is 721. The monoisotopic (exact) mass is 347 g/mol. The van der Waals surface area contributed by atoms with Gasteiger partial charge in [-0.15, -0.1) is 0 Å². The zero-order valence-electron chi connectivity index (χ0n) is 13.1. The molecule has 0 spiro atoms. The normalized spacial score (nSPS) is 10.6. The van der Waals surface area contributed by atoms with Crippen LogP contribution in [0.15, 0.2) is 47.6 Å². The maximum absolute atomic E-state index is 11.7. The van der Waals surface area contributed by atoms with Gasteiger partial charge in [0.2, 0.25) is 0 Å². The van der Waals surface area contributed by atoms with Crippen LogP contribution in [0.25, 0.3) is 0 Å². The van der Waals surface area contributed by atoms with Crippen molar-refractivity contribution in [3.05, 3.63) is 53.1 Å². The quantitative estimate of drug-likeness (QED) is 0.531. The smallest absolute Gasteiger partial charge is 0.259 e. The summed E-state index contributed by atoms with van der Waals surface area (Å²) in [4.78, 5) is 11.7. The lowest BCUT2D eigenvalue weighted by Gasteiger charge is -2.08. The van der Waals surface area contributed by atoms with E-state index in [1.165, 1.54) is 12.3 Å². The number of hydrazone groups is 1. The first-order chi connectivity index (χ1) is 11.6. The number of para-hydroxylation sites is 1. The molecule has 0 unspecified atom stereocenters. The molecule has 126 valence electrons. The molecule has 0 atom stereocenters. The number of aromatic hydroxyl groups is 1. The first-order valence-corrected chi connectivity index (χ1v) is 7.74. The van der Waals surface area contributed by atoms with Crippen molar-refractivity contribution < 1.29 is 14.6 Å². The van der Waals surface area contributed by atoms with Crippen LogP contribution in [-0.2, 0) is 4.79 Å². The minimum atomic E-state index is -0.287. The number of benzene rings is 2. The van der Waals surface area contributed by atoms with Gasteiger partial charge in [-0.05, 0) is 36.8 Å². The number of hydrogen-bond acceptors (Lipinski definition) is 5. The van der Waals surface area contributed by atoms with Crippen molar-refractivity contribution in [1.29, 1.82) is 0 Å². The van der Waals surface area contributed by atoms with Crippen molar-refractivity contribution in [3.63, 3.8) is 0 Å². The van der Waals surface area contributed by atoms with Crippen LogP contribution in [0, 0.1) is 0 Å². The first kappa shape index (κ1) is 17.6. The van der Waals surface area contributed by atoms with Crippen molar-refractivity contribution in [1.82, 2.24) is 5.43 Å². The van der Waals surface area contributed by atoms with Crippen molar-refractivity contribution in [2.24, 2.45) is 5.10 Å².